The van der Waals surface area contributed by atoms with Crippen molar-refractivity contribution in [1.29, 1.82) is 0 Å². The predicted molar refractivity (Wildman–Crippen MR) is 74.9 cm³/mol. The van der Waals surface area contributed by atoms with E-state index in [1.807, 2.05) is 0 Å². The van der Waals surface area contributed by atoms with Crippen molar-refractivity contribution in [2.24, 2.45) is 7.05 Å². The van der Waals surface area contributed by atoms with Gasteiger partial charge in [-0.2, -0.15) is 0 Å². The van der Waals surface area contributed by atoms with Crippen molar-refractivity contribution in [1.82, 2.24) is 19.5 Å². The SMILES string of the molecule is Cc1csc(CO)c1S(=O)(=O)NCCc1nncn1C. The molecule has 2 aromatic heterocycles. The fraction of sp³-hybridized carbons (Fsp3) is 0.455. The molecule has 0 aliphatic rings. The zero-order valence-corrected chi connectivity index (χ0v) is 12.8. The molecule has 0 radical (unpaired) electrons. The second-order valence-corrected chi connectivity index (χ2v) is 7.00. The molecule has 2 rings (SSSR count). The Balaban J connectivity index is 2.08. The molecule has 0 atom stereocenters. The van der Waals surface area contributed by atoms with Crippen molar-refractivity contribution in [3.8, 4) is 0 Å². The van der Waals surface area contributed by atoms with Crippen LogP contribution in [0.15, 0.2) is 16.6 Å². The molecule has 2 N–H and O–H groups in total. The van der Waals surface area contributed by atoms with Gasteiger partial charge in [0.05, 0.1) is 11.5 Å². The number of hydrogen-bond acceptors (Lipinski definition) is 6. The number of rotatable bonds is 6. The summed E-state index contributed by atoms with van der Waals surface area (Å²) < 4.78 is 28.8. The Morgan fingerprint density at radius 3 is 2.85 bits per heavy atom. The molecule has 0 aromatic carbocycles. The highest BCUT2D eigenvalue weighted by atomic mass is 32.2. The summed E-state index contributed by atoms with van der Waals surface area (Å²) in [6, 6.07) is 0. The number of sulfonamides is 1. The molecular formula is C11H16N4O3S2. The number of aliphatic hydroxyl groups is 1. The van der Waals surface area contributed by atoms with Crippen molar-refractivity contribution < 1.29 is 13.5 Å². The smallest absolute Gasteiger partial charge is 0.242 e. The number of aryl methyl sites for hydroxylation is 2. The first-order valence-electron chi connectivity index (χ1n) is 5.96. The highest BCUT2D eigenvalue weighted by Gasteiger charge is 2.22. The average molecular weight is 316 g/mol. The van der Waals surface area contributed by atoms with Crippen molar-refractivity contribution in [2.45, 2.75) is 24.8 Å². The van der Waals surface area contributed by atoms with E-state index in [1.54, 1.807) is 30.2 Å². The van der Waals surface area contributed by atoms with E-state index < -0.39 is 10.0 Å². The van der Waals surface area contributed by atoms with Gasteiger partial charge in [-0.25, -0.2) is 13.1 Å². The molecule has 0 saturated carbocycles. The Hall–Kier alpha value is -1.29. The summed E-state index contributed by atoms with van der Waals surface area (Å²) >= 11 is 1.24. The van der Waals surface area contributed by atoms with Gasteiger partial charge in [0.15, 0.2) is 0 Å². The lowest BCUT2D eigenvalue weighted by Gasteiger charge is -2.08. The van der Waals surface area contributed by atoms with Crippen LogP contribution in [0.25, 0.3) is 0 Å². The minimum Gasteiger partial charge on any atom is -0.391 e. The first-order chi connectivity index (χ1) is 9.45. The summed E-state index contributed by atoms with van der Waals surface area (Å²) in [4.78, 5) is 0.636. The summed E-state index contributed by atoms with van der Waals surface area (Å²) in [5, 5.41) is 18.6. The van der Waals surface area contributed by atoms with Gasteiger partial charge in [0.2, 0.25) is 10.0 Å². The maximum Gasteiger partial charge on any atom is 0.242 e. The van der Waals surface area contributed by atoms with Crippen LogP contribution >= 0.6 is 11.3 Å². The van der Waals surface area contributed by atoms with Gasteiger partial charge in [-0.05, 0) is 17.9 Å². The summed E-state index contributed by atoms with van der Waals surface area (Å²) in [6.07, 6.45) is 2.02. The number of nitrogens with zero attached hydrogens (tertiary/aromatic N) is 3. The van der Waals surface area contributed by atoms with E-state index in [0.717, 1.165) is 0 Å². The molecule has 2 aromatic rings. The van der Waals surface area contributed by atoms with Crippen LogP contribution in [0, 0.1) is 6.92 Å². The molecule has 9 heteroatoms. The van der Waals surface area contributed by atoms with Gasteiger partial charge in [-0.15, -0.1) is 21.5 Å². The van der Waals surface area contributed by atoms with Gasteiger partial charge >= 0.3 is 0 Å². The quantitative estimate of drug-likeness (QED) is 0.793. The number of hydrogen-bond donors (Lipinski definition) is 2. The van der Waals surface area contributed by atoms with Gasteiger partial charge in [0, 0.05) is 20.0 Å². The summed E-state index contributed by atoms with van der Waals surface area (Å²) in [5.74, 6) is 0.706. The second-order valence-electron chi connectivity index (χ2n) is 4.33. The normalized spacial score (nSPS) is 11.9. The van der Waals surface area contributed by atoms with Crippen molar-refractivity contribution >= 4 is 21.4 Å². The van der Waals surface area contributed by atoms with Crippen molar-refractivity contribution in [3.05, 3.63) is 28.0 Å². The van der Waals surface area contributed by atoms with E-state index in [0.29, 0.717) is 22.7 Å². The fourth-order valence-corrected chi connectivity index (χ4v) is 4.55. The first-order valence-corrected chi connectivity index (χ1v) is 8.32. The summed E-state index contributed by atoms with van der Waals surface area (Å²) in [5.41, 5.74) is 0.644. The van der Waals surface area contributed by atoms with E-state index in [1.165, 1.54) is 11.3 Å². The maximum atomic E-state index is 12.2. The van der Waals surface area contributed by atoms with Crippen LogP contribution in [0.5, 0.6) is 0 Å². The topological polar surface area (TPSA) is 97.1 Å². The van der Waals surface area contributed by atoms with Crippen LogP contribution in [0.4, 0.5) is 0 Å². The Kier molecular flexibility index (Phi) is 4.53. The molecule has 110 valence electrons. The summed E-state index contributed by atoms with van der Waals surface area (Å²) in [6.45, 7) is 1.67. The van der Waals surface area contributed by atoms with Gasteiger partial charge in [0.1, 0.15) is 17.0 Å². The third kappa shape index (κ3) is 3.06. The molecule has 0 bridgehead atoms. The lowest BCUT2D eigenvalue weighted by atomic mass is 10.3. The first kappa shape index (κ1) is 15.1. The molecular weight excluding hydrogens is 300 g/mol. The van der Waals surface area contributed by atoms with Crippen LogP contribution in [-0.2, 0) is 30.1 Å². The third-order valence-corrected chi connectivity index (χ3v) is 5.76. The predicted octanol–water partition coefficient (Wildman–Crippen LogP) is 0.198. The fourth-order valence-electron chi connectivity index (χ4n) is 1.86. The third-order valence-electron chi connectivity index (χ3n) is 2.85. The second kappa shape index (κ2) is 6.00. The zero-order valence-electron chi connectivity index (χ0n) is 11.2. The molecule has 0 aliphatic carbocycles. The molecule has 0 aliphatic heterocycles. The standard InChI is InChI=1S/C11H16N4O3S2/c1-8-6-19-9(5-16)11(8)20(17,18)13-4-3-10-14-12-7-15(10)2/h6-7,13,16H,3-5H2,1-2H3. The molecule has 0 fully saturated rings. The number of aliphatic hydroxyl groups excluding tert-OH is 1. The Morgan fingerprint density at radius 1 is 1.50 bits per heavy atom. The van der Waals surface area contributed by atoms with Crippen molar-refractivity contribution in [3.63, 3.8) is 0 Å². The van der Waals surface area contributed by atoms with Gasteiger partial charge in [0.25, 0.3) is 0 Å². The maximum absolute atomic E-state index is 12.2. The van der Waals surface area contributed by atoms with Gasteiger partial charge < -0.3 is 9.67 Å². The minimum absolute atomic E-state index is 0.183. The number of nitrogens with one attached hydrogen (secondary N) is 1. The number of aromatic nitrogens is 3. The highest BCUT2D eigenvalue weighted by molar-refractivity contribution is 7.89. The van der Waals surface area contributed by atoms with E-state index >= 15 is 0 Å². The monoisotopic (exact) mass is 316 g/mol. The molecule has 20 heavy (non-hydrogen) atoms. The highest BCUT2D eigenvalue weighted by Crippen LogP contribution is 2.26. The molecule has 0 saturated heterocycles. The van der Waals surface area contributed by atoms with E-state index in [9.17, 15) is 13.5 Å². The molecule has 2 heterocycles. The lowest BCUT2D eigenvalue weighted by molar-refractivity contribution is 0.282. The van der Waals surface area contributed by atoms with Crippen LogP contribution < -0.4 is 4.72 Å². The van der Waals surface area contributed by atoms with Crippen LogP contribution in [0.1, 0.15) is 16.3 Å². The largest absolute Gasteiger partial charge is 0.391 e. The Bertz CT molecular complexity index is 690. The zero-order chi connectivity index (χ0) is 14.8. The molecule has 0 spiro atoms. The van der Waals surface area contributed by atoms with Crippen molar-refractivity contribution in [2.75, 3.05) is 6.54 Å². The van der Waals surface area contributed by atoms with E-state index in [4.69, 9.17) is 0 Å². The summed E-state index contributed by atoms with van der Waals surface area (Å²) in [7, 11) is -1.81. The lowest BCUT2D eigenvalue weighted by Crippen LogP contribution is -2.27. The Morgan fingerprint density at radius 2 is 2.25 bits per heavy atom. The molecule has 7 nitrogen and oxygen atoms in total. The van der Waals surface area contributed by atoms with E-state index in [2.05, 4.69) is 14.9 Å². The van der Waals surface area contributed by atoms with E-state index in [-0.39, 0.29) is 18.0 Å². The van der Waals surface area contributed by atoms with Crippen LogP contribution in [0.3, 0.4) is 0 Å². The van der Waals surface area contributed by atoms with Crippen LogP contribution in [0.2, 0.25) is 0 Å². The van der Waals surface area contributed by atoms with Gasteiger partial charge in [-0.1, -0.05) is 0 Å². The Labute approximate surface area is 121 Å². The minimum atomic E-state index is -3.61. The number of thiophene rings is 1. The average Bonchev–Trinajstić information content (AvgIpc) is 2.96. The molecule has 0 amide bonds. The van der Waals surface area contributed by atoms with Crippen LogP contribution in [-0.4, -0.2) is 34.8 Å². The van der Waals surface area contributed by atoms with Gasteiger partial charge in [-0.3, -0.25) is 0 Å². The molecule has 0 unspecified atom stereocenters.